The second-order valence-electron chi connectivity index (χ2n) is 5.73. The molecule has 0 amide bonds. The quantitative estimate of drug-likeness (QED) is 0.605. The molecule has 0 spiro atoms. The summed E-state index contributed by atoms with van der Waals surface area (Å²) in [6.45, 7) is 10.4. The molecule has 0 radical (unpaired) electrons. The van der Waals surface area contributed by atoms with Gasteiger partial charge >= 0.3 is 0 Å². The summed E-state index contributed by atoms with van der Waals surface area (Å²) in [6, 6.07) is 0. The predicted molar refractivity (Wildman–Crippen MR) is 54.6 cm³/mol. The van der Waals surface area contributed by atoms with Crippen molar-refractivity contribution in [2.45, 2.75) is 52.6 Å². The Morgan fingerprint density at radius 2 is 2.08 bits per heavy atom. The minimum atomic E-state index is 0.197. The van der Waals surface area contributed by atoms with E-state index >= 15 is 0 Å². The van der Waals surface area contributed by atoms with Gasteiger partial charge in [-0.2, -0.15) is 0 Å². The Hall–Kier alpha value is -0.0400. The first-order valence-corrected chi connectivity index (χ1v) is 5.62. The maximum atomic E-state index is 6.04. The van der Waals surface area contributed by atoms with Gasteiger partial charge < -0.3 is 4.74 Å². The Kier molecular flexibility index (Phi) is 1.99. The Balaban J connectivity index is 2.23. The summed E-state index contributed by atoms with van der Waals surface area (Å²) in [5.74, 6) is 1.53. The fraction of sp³-hybridized carbons (Fsp3) is 1.00. The van der Waals surface area contributed by atoms with Crippen molar-refractivity contribution in [3.05, 3.63) is 0 Å². The Labute approximate surface area is 81.9 Å². The summed E-state index contributed by atoms with van der Waals surface area (Å²) in [5.41, 5.74) is 0.712. The van der Waals surface area contributed by atoms with E-state index in [2.05, 4.69) is 27.7 Å². The first kappa shape index (κ1) is 9.51. The number of rotatable bonds is 1. The molecule has 3 unspecified atom stereocenters. The fourth-order valence-corrected chi connectivity index (χ4v) is 3.06. The minimum Gasteiger partial charge on any atom is -0.374 e. The van der Waals surface area contributed by atoms with Gasteiger partial charge in [0.15, 0.2) is 0 Å². The summed E-state index contributed by atoms with van der Waals surface area (Å²) in [4.78, 5) is 0. The van der Waals surface area contributed by atoms with Crippen molar-refractivity contribution in [2.24, 2.45) is 17.3 Å². The highest BCUT2D eigenvalue weighted by atomic mass is 16.5. The van der Waals surface area contributed by atoms with Crippen LogP contribution in [0.3, 0.4) is 0 Å². The third-order valence-electron chi connectivity index (χ3n) is 4.73. The van der Waals surface area contributed by atoms with Crippen LogP contribution in [0.5, 0.6) is 0 Å². The van der Waals surface area contributed by atoms with Gasteiger partial charge in [0.25, 0.3) is 0 Å². The molecule has 0 N–H and O–H groups in total. The van der Waals surface area contributed by atoms with Gasteiger partial charge in [-0.1, -0.05) is 20.8 Å². The van der Waals surface area contributed by atoms with Gasteiger partial charge in [0.2, 0.25) is 0 Å². The lowest BCUT2D eigenvalue weighted by atomic mass is 9.62. The molecule has 1 aliphatic heterocycles. The summed E-state index contributed by atoms with van der Waals surface area (Å²) >= 11 is 0. The SMILES string of the molecule is CC(C)C12CCC(C)C(C)(C1)OC2. The zero-order valence-electron chi connectivity index (χ0n) is 9.39. The van der Waals surface area contributed by atoms with Crippen LogP contribution in [-0.2, 0) is 4.74 Å². The lowest BCUT2D eigenvalue weighted by Crippen LogP contribution is -2.40. The standard InChI is InChI=1S/C12H22O/c1-9(2)12-6-5-10(3)11(4,7-12)13-8-12/h9-10H,5-8H2,1-4H3. The van der Waals surface area contributed by atoms with E-state index in [0.29, 0.717) is 5.41 Å². The van der Waals surface area contributed by atoms with Crippen LogP contribution in [0.4, 0.5) is 0 Å². The van der Waals surface area contributed by atoms with Crippen molar-refractivity contribution in [1.29, 1.82) is 0 Å². The molecule has 2 bridgehead atoms. The average molecular weight is 182 g/mol. The van der Waals surface area contributed by atoms with Crippen molar-refractivity contribution < 1.29 is 4.74 Å². The summed E-state index contributed by atoms with van der Waals surface area (Å²) < 4.78 is 6.04. The van der Waals surface area contributed by atoms with Crippen molar-refractivity contribution >= 4 is 0 Å². The van der Waals surface area contributed by atoms with Crippen LogP contribution in [0, 0.1) is 17.3 Å². The van der Waals surface area contributed by atoms with Crippen LogP contribution in [-0.4, -0.2) is 12.2 Å². The Morgan fingerprint density at radius 1 is 1.38 bits per heavy atom. The molecule has 76 valence electrons. The normalized spacial score (nSPS) is 50.1. The Bertz CT molecular complexity index is 207. The second kappa shape index (κ2) is 2.73. The molecular formula is C12H22O. The van der Waals surface area contributed by atoms with E-state index < -0.39 is 0 Å². The van der Waals surface area contributed by atoms with Crippen molar-refractivity contribution in [3.63, 3.8) is 0 Å². The van der Waals surface area contributed by atoms with Gasteiger partial charge in [0.05, 0.1) is 12.2 Å². The van der Waals surface area contributed by atoms with Gasteiger partial charge in [-0.25, -0.2) is 0 Å². The molecule has 0 aromatic rings. The average Bonchev–Trinajstić information content (AvgIpc) is 2.36. The molecule has 0 aromatic heterocycles. The van der Waals surface area contributed by atoms with Gasteiger partial charge in [-0.05, 0) is 43.4 Å². The smallest absolute Gasteiger partial charge is 0.0686 e. The van der Waals surface area contributed by atoms with Gasteiger partial charge in [0.1, 0.15) is 0 Å². The van der Waals surface area contributed by atoms with Crippen molar-refractivity contribution in [1.82, 2.24) is 0 Å². The highest BCUT2D eigenvalue weighted by molar-refractivity contribution is 5.03. The van der Waals surface area contributed by atoms with E-state index in [1.807, 2.05) is 0 Å². The topological polar surface area (TPSA) is 9.23 Å². The fourth-order valence-electron chi connectivity index (χ4n) is 3.06. The molecule has 13 heavy (non-hydrogen) atoms. The monoisotopic (exact) mass is 182 g/mol. The van der Waals surface area contributed by atoms with Crippen LogP contribution in [0.1, 0.15) is 47.0 Å². The molecule has 1 aliphatic carbocycles. The van der Waals surface area contributed by atoms with Crippen LogP contribution in [0.2, 0.25) is 0 Å². The summed E-state index contributed by atoms with van der Waals surface area (Å²) in [5, 5.41) is 0. The third-order valence-corrected chi connectivity index (χ3v) is 4.73. The second-order valence-corrected chi connectivity index (χ2v) is 5.73. The maximum Gasteiger partial charge on any atom is 0.0686 e. The molecule has 2 aliphatic rings. The number of fused-ring (bicyclic) bond motifs is 2. The van der Waals surface area contributed by atoms with E-state index in [1.54, 1.807) is 0 Å². The van der Waals surface area contributed by atoms with E-state index in [9.17, 15) is 0 Å². The largest absolute Gasteiger partial charge is 0.374 e. The highest BCUT2D eigenvalue weighted by Crippen LogP contribution is 2.55. The van der Waals surface area contributed by atoms with E-state index in [4.69, 9.17) is 4.74 Å². The van der Waals surface area contributed by atoms with Crippen LogP contribution in [0.25, 0.3) is 0 Å². The minimum absolute atomic E-state index is 0.197. The van der Waals surface area contributed by atoms with Gasteiger partial charge in [-0.3, -0.25) is 0 Å². The molecule has 1 heteroatoms. The predicted octanol–water partition coefficient (Wildman–Crippen LogP) is 3.24. The Morgan fingerprint density at radius 3 is 2.69 bits per heavy atom. The van der Waals surface area contributed by atoms with Crippen molar-refractivity contribution in [3.8, 4) is 0 Å². The lowest BCUT2D eigenvalue weighted by molar-refractivity contribution is -0.0234. The van der Waals surface area contributed by atoms with Crippen LogP contribution in [0.15, 0.2) is 0 Å². The summed E-state index contributed by atoms with van der Waals surface area (Å²) in [7, 11) is 0. The van der Waals surface area contributed by atoms with Crippen LogP contribution < -0.4 is 0 Å². The molecule has 2 fully saturated rings. The molecule has 1 saturated heterocycles. The maximum absolute atomic E-state index is 6.04. The first-order chi connectivity index (χ1) is 5.99. The number of hydrogen-bond donors (Lipinski definition) is 0. The zero-order chi connectivity index (χ0) is 9.69. The van der Waals surface area contributed by atoms with Gasteiger partial charge in [0, 0.05) is 0 Å². The summed E-state index contributed by atoms with van der Waals surface area (Å²) in [6.07, 6.45) is 4.02. The highest BCUT2D eigenvalue weighted by Gasteiger charge is 2.54. The molecule has 1 heterocycles. The molecule has 3 atom stereocenters. The van der Waals surface area contributed by atoms with Gasteiger partial charge in [-0.15, -0.1) is 0 Å². The number of hydrogen-bond acceptors (Lipinski definition) is 1. The zero-order valence-corrected chi connectivity index (χ0v) is 9.39. The number of ether oxygens (including phenoxy) is 1. The molecule has 2 rings (SSSR count). The lowest BCUT2D eigenvalue weighted by Gasteiger charge is -2.41. The van der Waals surface area contributed by atoms with E-state index in [0.717, 1.165) is 18.4 Å². The van der Waals surface area contributed by atoms with E-state index in [-0.39, 0.29) is 5.60 Å². The van der Waals surface area contributed by atoms with Crippen molar-refractivity contribution in [2.75, 3.05) is 6.61 Å². The third kappa shape index (κ3) is 1.24. The molecule has 1 saturated carbocycles. The van der Waals surface area contributed by atoms with Crippen LogP contribution >= 0.6 is 0 Å². The molecule has 0 aromatic carbocycles. The molecule has 1 nitrogen and oxygen atoms in total. The first-order valence-electron chi connectivity index (χ1n) is 5.62. The molecular weight excluding hydrogens is 160 g/mol. The van der Waals surface area contributed by atoms with E-state index in [1.165, 1.54) is 19.3 Å².